The van der Waals surface area contributed by atoms with Gasteiger partial charge in [0.05, 0.1) is 27.5 Å². The summed E-state index contributed by atoms with van der Waals surface area (Å²) >= 11 is 0. The number of aromatic nitrogens is 2. The second-order valence-corrected chi connectivity index (χ2v) is 23.1. The number of rotatable bonds is 4. The van der Waals surface area contributed by atoms with Gasteiger partial charge in [0.25, 0.3) is 0 Å². The first-order valence-corrected chi connectivity index (χ1v) is 21.2. The van der Waals surface area contributed by atoms with Crippen molar-refractivity contribution in [3.63, 3.8) is 0 Å². The fourth-order valence-corrected chi connectivity index (χ4v) is 7.56. The number of halogens is 2. The van der Waals surface area contributed by atoms with Crippen LogP contribution in [0.4, 0.5) is 0 Å². The van der Waals surface area contributed by atoms with Crippen LogP contribution in [0, 0.1) is 13.8 Å². The Balaban J connectivity index is 0.000000403. The van der Waals surface area contributed by atoms with E-state index in [0.717, 1.165) is 11.4 Å². The molecule has 4 aromatic carbocycles. The summed E-state index contributed by atoms with van der Waals surface area (Å²) < 4.78 is 0. The molecule has 0 aliphatic rings. The van der Waals surface area contributed by atoms with Crippen LogP contribution in [-0.4, -0.2) is 26.1 Å². The van der Waals surface area contributed by atoms with Crippen LogP contribution < -0.4 is 35.2 Å². The van der Waals surface area contributed by atoms with Crippen molar-refractivity contribution in [2.45, 2.75) is 53.1 Å². The Labute approximate surface area is 316 Å². The van der Waals surface area contributed by atoms with E-state index in [-0.39, 0.29) is 77.2 Å². The summed E-state index contributed by atoms with van der Waals surface area (Å²) in [6.07, 6.45) is 3.73. The molecule has 0 bridgehead atoms. The summed E-state index contributed by atoms with van der Waals surface area (Å²) in [7, 11) is -2.57. The first-order valence-electron chi connectivity index (χ1n) is 14.2. The average molecular weight is 810 g/mol. The van der Waals surface area contributed by atoms with Crippen molar-refractivity contribution in [3.8, 4) is 22.5 Å². The van der Waals surface area contributed by atoms with Crippen molar-refractivity contribution in [3.05, 3.63) is 108 Å². The third kappa shape index (κ3) is 8.96. The Morgan fingerprint density at radius 1 is 0.523 bits per heavy atom. The second-order valence-electron chi connectivity index (χ2n) is 12.9. The molecule has 0 saturated carbocycles. The van der Waals surface area contributed by atoms with Gasteiger partial charge in [-0.15, -0.1) is 67.3 Å². The summed E-state index contributed by atoms with van der Waals surface area (Å²) in [5.74, 6) is 0. The van der Waals surface area contributed by atoms with Gasteiger partial charge in [-0.25, -0.2) is 0 Å². The molecule has 0 atom stereocenters. The molecule has 0 aliphatic carbocycles. The first kappa shape index (κ1) is 40.8. The zero-order chi connectivity index (χ0) is 28.7. The molecule has 0 saturated heterocycles. The van der Waals surface area contributed by atoms with Gasteiger partial charge in [0, 0.05) is 12.4 Å². The van der Waals surface area contributed by atoms with E-state index in [1.807, 2.05) is 24.5 Å². The standard InChI is InChI=1S/2C18H20NSi.2ClH.2Zr/c2*1-13-8-9-15(18-7-5-6-10-19-18)17-12-14(11-16(13)17)20(2,3)4;;;;/h2*5-12H,1-4H3;2*1H;;/q2*-1;;;2*+2/p-2. The van der Waals surface area contributed by atoms with Gasteiger partial charge in [0.2, 0.25) is 0 Å². The fraction of sp³-hybridized carbons (Fsp3) is 0.222. The molecule has 6 aromatic rings. The smallest absolute Gasteiger partial charge is 1.00 e. The van der Waals surface area contributed by atoms with Gasteiger partial charge in [-0.2, -0.15) is 12.1 Å². The van der Waals surface area contributed by atoms with E-state index in [4.69, 9.17) is 0 Å². The summed E-state index contributed by atoms with van der Waals surface area (Å²) in [5, 5.41) is 8.51. The Morgan fingerprint density at radius 2 is 0.886 bits per heavy atom. The SMILES string of the molecule is Cc1ccc(-c2ccccn2)c2cc([Si](C)(C)C)[cH-]c12.Cc1ccc(-c2ccccn2)c2cc([Si](C)(C)C)[cH-]c12.[Cl-].[Cl-].[Zr+2].[Zr+2]. The Hall–Kier alpha value is -1.26. The van der Waals surface area contributed by atoms with Gasteiger partial charge in [-0.3, -0.25) is 9.97 Å². The summed E-state index contributed by atoms with van der Waals surface area (Å²) in [6, 6.07) is 30.6. The van der Waals surface area contributed by atoms with Crippen LogP contribution in [0.2, 0.25) is 39.3 Å². The minimum Gasteiger partial charge on any atom is -1.00 e. The molecule has 2 nitrogen and oxygen atoms in total. The predicted molar refractivity (Wildman–Crippen MR) is 181 cm³/mol. The summed E-state index contributed by atoms with van der Waals surface area (Å²) in [4.78, 5) is 9.02. The molecule has 2 aromatic heterocycles. The Bertz CT molecular complexity index is 1650. The largest absolute Gasteiger partial charge is 2.00 e. The number of pyridine rings is 2. The van der Waals surface area contributed by atoms with Crippen LogP contribution in [0.5, 0.6) is 0 Å². The van der Waals surface area contributed by atoms with Crippen molar-refractivity contribution in [1.29, 1.82) is 0 Å². The fourth-order valence-electron chi connectivity index (χ4n) is 5.25. The molecule has 224 valence electrons. The van der Waals surface area contributed by atoms with Crippen molar-refractivity contribution >= 4 is 48.1 Å². The number of hydrogen-bond acceptors (Lipinski definition) is 2. The third-order valence-corrected chi connectivity index (χ3v) is 11.9. The molecule has 2 heterocycles. The van der Waals surface area contributed by atoms with E-state index in [1.54, 1.807) is 0 Å². The van der Waals surface area contributed by atoms with E-state index in [9.17, 15) is 0 Å². The Kier molecular flexibility index (Phi) is 15.3. The minimum absolute atomic E-state index is 0. The van der Waals surface area contributed by atoms with E-state index in [0.29, 0.717) is 0 Å². The van der Waals surface area contributed by atoms with Crippen molar-refractivity contribution in [2.75, 3.05) is 0 Å². The number of fused-ring (bicyclic) bond motifs is 2. The van der Waals surface area contributed by atoms with Crippen molar-refractivity contribution < 1.29 is 77.2 Å². The molecular formula is C36H40Cl2N2Si2Zr2. The third-order valence-electron chi connectivity index (χ3n) is 7.82. The van der Waals surface area contributed by atoms with Gasteiger partial charge < -0.3 is 24.8 Å². The van der Waals surface area contributed by atoms with Gasteiger partial charge in [-0.05, 0) is 35.4 Å². The topological polar surface area (TPSA) is 25.8 Å². The monoisotopic (exact) mass is 806 g/mol. The van der Waals surface area contributed by atoms with E-state index in [1.165, 1.54) is 54.2 Å². The predicted octanol–water partition coefficient (Wildman–Crippen LogP) is 2.95. The normalized spacial score (nSPS) is 10.9. The van der Waals surface area contributed by atoms with E-state index in [2.05, 4.69) is 136 Å². The average Bonchev–Trinajstić information content (AvgIpc) is 3.58. The van der Waals surface area contributed by atoms with Gasteiger partial charge in [0.15, 0.2) is 0 Å². The van der Waals surface area contributed by atoms with Crippen molar-refractivity contribution in [2.24, 2.45) is 0 Å². The van der Waals surface area contributed by atoms with Crippen LogP contribution >= 0.6 is 0 Å². The number of hydrogen-bond donors (Lipinski definition) is 0. The first-order chi connectivity index (χ1) is 18.9. The zero-order valence-electron chi connectivity index (χ0n) is 26.9. The quantitative estimate of drug-likeness (QED) is 0.203. The van der Waals surface area contributed by atoms with E-state index < -0.39 is 16.1 Å². The van der Waals surface area contributed by atoms with Gasteiger partial charge in [-0.1, -0.05) is 77.4 Å². The molecule has 6 rings (SSSR count). The number of aryl methyl sites for hydroxylation is 2. The Morgan fingerprint density at radius 3 is 1.18 bits per heavy atom. The van der Waals surface area contributed by atoms with Crippen LogP contribution in [0.15, 0.2) is 97.3 Å². The van der Waals surface area contributed by atoms with Crippen LogP contribution in [0.25, 0.3) is 44.1 Å². The molecule has 0 fully saturated rings. The zero-order valence-corrected chi connectivity index (χ0v) is 35.3. The van der Waals surface area contributed by atoms with Crippen LogP contribution in [-0.2, 0) is 52.4 Å². The second kappa shape index (κ2) is 16.5. The van der Waals surface area contributed by atoms with Gasteiger partial charge >= 0.3 is 52.4 Å². The molecule has 0 unspecified atom stereocenters. The number of nitrogens with zero attached hydrogens (tertiary/aromatic N) is 2. The maximum Gasteiger partial charge on any atom is 2.00 e. The molecule has 0 amide bonds. The number of benzene rings is 2. The molecule has 8 heteroatoms. The summed E-state index contributed by atoms with van der Waals surface area (Å²) in [6.45, 7) is 18.8. The van der Waals surface area contributed by atoms with Crippen LogP contribution in [0.1, 0.15) is 11.1 Å². The van der Waals surface area contributed by atoms with E-state index >= 15 is 0 Å². The van der Waals surface area contributed by atoms with Crippen molar-refractivity contribution in [1.82, 2.24) is 9.97 Å². The molecule has 0 spiro atoms. The van der Waals surface area contributed by atoms with Gasteiger partial charge in [0.1, 0.15) is 0 Å². The molecule has 0 radical (unpaired) electrons. The molecule has 44 heavy (non-hydrogen) atoms. The maximum atomic E-state index is 4.51. The molecule has 0 aliphatic heterocycles. The minimum atomic E-state index is -1.28. The molecular weight excluding hydrogens is 770 g/mol. The molecule has 0 N–H and O–H groups in total. The summed E-state index contributed by atoms with van der Waals surface area (Å²) in [5.41, 5.74) is 7.32. The van der Waals surface area contributed by atoms with Crippen LogP contribution in [0.3, 0.4) is 0 Å². The maximum absolute atomic E-state index is 4.51.